The molecule has 1 aromatic rings. The molecule has 0 radical (unpaired) electrons. The van der Waals surface area contributed by atoms with Crippen LogP contribution in [0.4, 0.5) is 5.82 Å². The van der Waals surface area contributed by atoms with Crippen LogP contribution in [0, 0.1) is 5.92 Å². The number of aromatic nitrogens is 2. The van der Waals surface area contributed by atoms with E-state index < -0.39 is 0 Å². The van der Waals surface area contributed by atoms with Crippen molar-refractivity contribution in [2.45, 2.75) is 39.8 Å². The Labute approximate surface area is 107 Å². The monoisotopic (exact) mass is 257 g/mol. The summed E-state index contributed by atoms with van der Waals surface area (Å²) in [6.45, 7) is 6.86. The second-order valence-corrected chi connectivity index (χ2v) is 5.03. The molecule has 1 aromatic heterocycles. The molecule has 1 atom stereocenters. The zero-order valence-corrected chi connectivity index (χ0v) is 11.4. The van der Waals surface area contributed by atoms with Gasteiger partial charge in [-0.1, -0.05) is 13.8 Å². The molecule has 1 rings (SSSR count). The van der Waals surface area contributed by atoms with E-state index in [2.05, 4.69) is 24.1 Å². The first-order valence-electron chi connectivity index (χ1n) is 5.92. The number of nitrogens with one attached hydrogen (secondary N) is 1. The Bertz CT molecular complexity index is 403. The van der Waals surface area contributed by atoms with Crippen molar-refractivity contribution in [3.8, 4) is 0 Å². The Balaban J connectivity index is 2.83. The summed E-state index contributed by atoms with van der Waals surface area (Å²) in [4.78, 5) is 16.1. The molecule has 0 saturated carbocycles. The van der Waals surface area contributed by atoms with Crippen molar-refractivity contribution in [1.82, 2.24) is 9.55 Å². The Hall–Kier alpha value is -1.03. The van der Waals surface area contributed by atoms with Crippen LogP contribution in [-0.4, -0.2) is 21.5 Å². The van der Waals surface area contributed by atoms with Gasteiger partial charge in [-0.2, -0.15) is 0 Å². The van der Waals surface area contributed by atoms with E-state index in [1.165, 1.54) is 0 Å². The maximum atomic E-state index is 12.0. The molecule has 0 aromatic carbocycles. The van der Waals surface area contributed by atoms with E-state index in [-0.39, 0.29) is 11.6 Å². The summed E-state index contributed by atoms with van der Waals surface area (Å²) in [7, 11) is 0. The minimum absolute atomic E-state index is 0.0670. The molecular weight excluding hydrogens is 238 g/mol. The maximum absolute atomic E-state index is 12.0. The topological polar surface area (TPSA) is 46.9 Å². The van der Waals surface area contributed by atoms with Gasteiger partial charge in [-0.15, -0.1) is 11.6 Å². The summed E-state index contributed by atoms with van der Waals surface area (Å²) in [5.74, 6) is 1.41. The third-order valence-electron chi connectivity index (χ3n) is 2.40. The highest BCUT2D eigenvalue weighted by Gasteiger charge is 2.08. The van der Waals surface area contributed by atoms with Gasteiger partial charge >= 0.3 is 0 Å². The van der Waals surface area contributed by atoms with Gasteiger partial charge in [-0.3, -0.25) is 4.79 Å². The van der Waals surface area contributed by atoms with Crippen molar-refractivity contribution in [3.05, 3.63) is 22.7 Å². The third kappa shape index (κ3) is 4.38. The van der Waals surface area contributed by atoms with Crippen LogP contribution >= 0.6 is 11.6 Å². The molecule has 0 amide bonds. The molecule has 0 aliphatic heterocycles. The Kier molecular flexibility index (Phi) is 5.48. The molecule has 0 fully saturated rings. The van der Waals surface area contributed by atoms with Crippen LogP contribution in [0.2, 0.25) is 0 Å². The normalized spacial score (nSPS) is 12.8. The highest BCUT2D eigenvalue weighted by molar-refractivity contribution is 6.17. The van der Waals surface area contributed by atoms with Gasteiger partial charge in [0.15, 0.2) is 5.82 Å². The van der Waals surface area contributed by atoms with Crippen molar-refractivity contribution in [2.75, 3.05) is 11.2 Å². The van der Waals surface area contributed by atoms with E-state index in [1.54, 1.807) is 17.0 Å². The largest absolute Gasteiger partial charge is 0.363 e. The predicted octanol–water partition coefficient (Wildman–Crippen LogP) is 2.33. The summed E-state index contributed by atoms with van der Waals surface area (Å²) < 4.78 is 1.69. The number of alkyl halides is 1. The SMILES string of the molecule is CC(C)Cn1ccnc(NC(C)CCCl)c1=O. The van der Waals surface area contributed by atoms with Crippen LogP contribution in [0.1, 0.15) is 27.2 Å². The lowest BCUT2D eigenvalue weighted by molar-refractivity contribution is 0.509. The molecule has 0 aliphatic carbocycles. The number of hydrogen-bond donors (Lipinski definition) is 1. The lowest BCUT2D eigenvalue weighted by Crippen LogP contribution is -2.29. The second-order valence-electron chi connectivity index (χ2n) is 4.65. The van der Waals surface area contributed by atoms with Crippen LogP contribution in [-0.2, 0) is 6.54 Å². The van der Waals surface area contributed by atoms with Crippen molar-refractivity contribution in [2.24, 2.45) is 5.92 Å². The van der Waals surface area contributed by atoms with Crippen LogP contribution in [0.3, 0.4) is 0 Å². The maximum Gasteiger partial charge on any atom is 0.293 e. The van der Waals surface area contributed by atoms with Crippen molar-refractivity contribution in [3.63, 3.8) is 0 Å². The highest BCUT2D eigenvalue weighted by Crippen LogP contribution is 2.03. The molecule has 0 bridgehead atoms. The van der Waals surface area contributed by atoms with Crippen molar-refractivity contribution in [1.29, 1.82) is 0 Å². The fourth-order valence-corrected chi connectivity index (χ4v) is 1.88. The highest BCUT2D eigenvalue weighted by atomic mass is 35.5. The lowest BCUT2D eigenvalue weighted by atomic mass is 10.2. The van der Waals surface area contributed by atoms with E-state index >= 15 is 0 Å². The van der Waals surface area contributed by atoms with Gasteiger partial charge in [0.05, 0.1) is 0 Å². The average molecular weight is 258 g/mol. The number of anilines is 1. The van der Waals surface area contributed by atoms with Gasteiger partial charge in [-0.25, -0.2) is 4.98 Å². The van der Waals surface area contributed by atoms with Gasteiger partial charge in [0.25, 0.3) is 5.56 Å². The Morgan fingerprint density at radius 3 is 2.76 bits per heavy atom. The molecule has 96 valence electrons. The summed E-state index contributed by atoms with van der Waals surface area (Å²) >= 11 is 5.66. The smallest absolute Gasteiger partial charge is 0.293 e. The van der Waals surface area contributed by atoms with Gasteiger partial charge in [-0.05, 0) is 19.3 Å². The lowest BCUT2D eigenvalue weighted by Gasteiger charge is -2.14. The summed E-state index contributed by atoms with van der Waals surface area (Å²) in [6.07, 6.45) is 4.18. The molecule has 1 unspecified atom stereocenters. The van der Waals surface area contributed by atoms with E-state index in [4.69, 9.17) is 11.6 Å². The Morgan fingerprint density at radius 1 is 1.47 bits per heavy atom. The average Bonchev–Trinajstić information content (AvgIpc) is 2.23. The minimum Gasteiger partial charge on any atom is -0.363 e. The molecule has 4 nitrogen and oxygen atoms in total. The fourth-order valence-electron chi connectivity index (χ4n) is 1.55. The number of hydrogen-bond acceptors (Lipinski definition) is 3. The van der Waals surface area contributed by atoms with E-state index in [0.29, 0.717) is 24.2 Å². The molecule has 1 heterocycles. The fraction of sp³-hybridized carbons (Fsp3) is 0.667. The van der Waals surface area contributed by atoms with Crippen LogP contribution in [0.5, 0.6) is 0 Å². The molecule has 5 heteroatoms. The molecular formula is C12H20ClN3O. The minimum atomic E-state index is -0.0670. The summed E-state index contributed by atoms with van der Waals surface area (Å²) in [5, 5.41) is 3.10. The van der Waals surface area contributed by atoms with Crippen molar-refractivity contribution < 1.29 is 0 Å². The van der Waals surface area contributed by atoms with Gasteiger partial charge in [0.1, 0.15) is 0 Å². The predicted molar refractivity (Wildman–Crippen MR) is 71.8 cm³/mol. The second kappa shape index (κ2) is 6.64. The number of rotatable bonds is 6. The van der Waals surface area contributed by atoms with E-state index in [0.717, 1.165) is 6.42 Å². The van der Waals surface area contributed by atoms with Gasteiger partial charge in [0, 0.05) is 30.9 Å². The first kappa shape index (κ1) is 14.0. The van der Waals surface area contributed by atoms with Gasteiger partial charge in [0.2, 0.25) is 0 Å². The molecule has 0 saturated heterocycles. The number of halogens is 1. The molecule has 1 N–H and O–H groups in total. The standard InChI is InChI=1S/C12H20ClN3O/c1-9(2)8-16-7-6-14-11(12(16)17)15-10(3)4-5-13/h6-7,9-10H,4-5,8H2,1-3H3,(H,14,15). The molecule has 17 heavy (non-hydrogen) atoms. The number of nitrogens with zero attached hydrogens (tertiary/aromatic N) is 2. The van der Waals surface area contributed by atoms with E-state index in [1.807, 2.05) is 6.92 Å². The molecule has 0 aliphatic rings. The van der Waals surface area contributed by atoms with Crippen molar-refractivity contribution >= 4 is 17.4 Å². The zero-order valence-electron chi connectivity index (χ0n) is 10.6. The molecule has 0 spiro atoms. The summed E-state index contributed by atoms with van der Waals surface area (Å²) in [6, 6.07) is 0.155. The zero-order chi connectivity index (χ0) is 12.8. The quantitative estimate of drug-likeness (QED) is 0.796. The van der Waals surface area contributed by atoms with Gasteiger partial charge < -0.3 is 9.88 Å². The van der Waals surface area contributed by atoms with Crippen LogP contribution < -0.4 is 10.9 Å². The van der Waals surface area contributed by atoms with E-state index in [9.17, 15) is 4.79 Å². The van der Waals surface area contributed by atoms with Crippen LogP contribution in [0.25, 0.3) is 0 Å². The Morgan fingerprint density at radius 2 is 2.18 bits per heavy atom. The first-order valence-corrected chi connectivity index (χ1v) is 6.46. The van der Waals surface area contributed by atoms with Crippen LogP contribution in [0.15, 0.2) is 17.2 Å². The third-order valence-corrected chi connectivity index (χ3v) is 2.62. The first-order chi connectivity index (χ1) is 8.04. The summed E-state index contributed by atoms with van der Waals surface area (Å²) in [5.41, 5.74) is -0.0670.